The third kappa shape index (κ3) is 4.21. The van der Waals surface area contributed by atoms with Gasteiger partial charge in [-0.25, -0.2) is 0 Å². The predicted molar refractivity (Wildman–Crippen MR) is 120 cm³/mol. The van der Waals surface area contributed by atoms with Crippen molar-refractivity contribution in [3.05, 3.63) is 88.7 Å². The molecular weight excluding hydrogens is 408 g/mol. The minimum atomic E-state index is -0.220. The molecule has 0 aromatic heterocycles. The molecule has 4 rings (SSSR count). The predicted octanol–water partition coefficient (Wildman–Crippen LogP) is 4.89. The molecule has 0 N–H and O–H groups in total. The molecule has 6 nitrogen and oxygen atoms in total. The average molecular weight is 430 g/mol. The number of hydrogen-bond acceptors (Lipinski definition) is 6. The third-order valence-corrected chi connectivity index (χ3v) is 5.14. The minimum absolute atomic E-state index is 0.109. The highest BCUT2D eigenvalue weighted by atomic mass is 16.5. The lowest BCUT2D eigenvalue weighted by atomic mass is 10.0. The second kappa shape index (κ2) is 8.98. The van der Waals surface area contributed by atoms with E-state index in [1.54, 1.807) is 74.9 Å². The van der Waals surface area contributed by atoms with Crippen molar-refractivity contribution in [3.8, 4) is 23.0 Å². The van der Waals surface area contributed by atoms with E-state index in [4.69, 9.17) is 18.9 Å². The van der Waals surface area contributed by atoms with E-state index in [9.17, 15) is 9.59 Å². The van der Waals surface area contributed by atoms with Gasteiger partial charge in [-0.05, 0) is 36.8 Å². The number of ketones is 2. The van der Waals surface area contributed by atoms with Crippen LogP contribution in [0.1, 0.15) is 31.8 Å². The van der Waals surface area contributed by atoms with Crippen LogP contribution < -0.4 is 18.9 Å². The Morgan fingerprint density at radius 3 is 2.47 bits per heavy atom. The van der Waals surface area contributed by atoms with E-state index in [0.717, 1.165) is 0 Å². The molecule has 32 heavy (non-hydrogen) atoms. The van der Waals surface area contributed by atoms with Gasteiger partial charge in [-0.2, -0.15) is 0 Å². The normalized spacial score (nSPS) is 13.5. The van der Waals surface area contributed by atoms with E-state index in [2.05, 4.69) is 0 Å². The number of allylic oxidation sites excluding steroid dienone is 1. The molecule has 0 saturated carbocycles. The molecule has 0 saturated heterocycles. The molecule has 0 fully saturated rings. The second-order valence-corrected chi connectivity index (χ2v) is 7.24. The van der Waals surface area contributed by atoms with Crippen LogP contribution in [-0.4, -0.2) is 32.4 Å². The fourth-order valence-corrected chi connectivity index (χ4v) is 3.50. The number of fused-ring (bicyclic) bond motifs is 1. The van der Waals surface area contributed by atoms with Crippen molar-refractivity contribution in [1.82, 2.24) is 0 Å². The summed E-state index contributed by atoms with van der Waals surface area (Å²) < 4.78 is 22.2. The van der Waals surface area contributed by atoms with Gasteiger partial charge in [-0.15, -0.1) is 0 Å². The van der Waals surface area contributed by atoms with Gasteiger partial charge < -0.3 is 18.9 Å². The molecule has 0 unspecified atom stereocenters. The van der Waals surface area contributed by atoms with Crippen LogP contribution in [0.2, 0.25) is 0 Å². The number of methoxy groups -OCH3 is 2. The first-order chi connectivity index (χ1) is 15.5. The summed E-state index contributed by atoms with van der Waals surface area (Å²) >= 11 is 0. The van der Waals surface area contributed by atoms with Crippen LogP contribution in [0.5, 0.6) is 23.0 Å². The molecule has 0 atom stereocenters. The highest BCUT2D eigenvalue weighted by Crippen LogP contribution is 2.38. The molecule has 1 aliphatic rings. The van der Waals surface area contributed by atoms with Gasteiger partial charge in [0.25, 0.3) is 0 Å². The smallest absolute Gasteiger partial charge is 0.232 e. The van der Waals surface area contributed by atoms with Crippen LogP contribution in [-0.2, 0) is 0 Å². The van der Waals surface area contributed by atoms with Gasteiger partial charge in [-0.1, -0.05) is 30.3 Å². The monoisotopic (exact) mass is 430 g/mol. The van der Waals surface area contributed by atoms with Gasteiger partial charge >= 0.3 is 0 Å². The number of carbonyl (C=O) groups is 2. The molecule has 3 aromatic rings. The fourth-order valence-electron chi connectivity index (χ4n) is 3.50. The van der Waals surface area contributed by atoms with E-state index in [-0.39, 0.29) is 23.9 Å². The van der Waals surface area contributed by atoms with Crippen LogP contribution in [0.15, 0.2) is 66.4 Å². The number of carbonyl (C=O) groups excluding carboxylic acids is 2. The van der Waals surface area contributed by atoms with Crippen LogP contribution in [0.4, 0.5) is 0 Å². The molecule has 162 valence electrons. The quantitative estimate of drug-likeness (QED) is 0.393. The maximum atomic E-state index is 13.0. The zero-order valence-electron chi connectivity index (χ0n) is 18.0. The zero-order chi connectivity index (χ0) is 22.7. The standard InChI is InChI=1S/C26H22O6/c1-16-11-20(31-15-21(27)17-7-5-4-6-8-17)14-23-25(16)26(28)24(32-23)12-18-9-10-19(29-2)13-22(18)30-3/h4-14H,15H2,1-3H3/b24-12-. The number of aryl methyl sites for hydroxylation is 1. The summed E-state index contributed by atoms with van der Waals surface area (Å²) in [6.45, 7) is 1.70. The van der Waals surface area contributed by atoms with Crippen LogP contribution in [0.25, 0.3) is 6.08 Å². The topological polar surface area (TPSA) is 71.1 Å². The largest absolute Gasteiger partial charge is 0.497 e. The molecule has 6 heteroatoms. The summed E-state index contributed by atoms with van der Waals surface area (Å²) in [4.78, 5) is 25.3. The van der Waals surface area contributed by atoms with Gasteiger partial charge in [0.2, 0.25) is 5.78 Å². The maximum Gasteiger partial charge on any atom is 0.232 e. The first-order valence-corrected chi connectivity index (χ1v) is 10.0. The molecule has 0 spiro atoms. The number of ether oxygens (including phenoxy) is 4. The Morgan fingerprint density at radius 1 is 0.969 bits per heavy atom. The Bertz CT molecular complexity index is 1210. The first-order valence-electron chi connectivity index (χ1n) is 10.0. The third-order valence-electron chi connectivity index (χ3n) is 5.14. The first kappa shape index (κ1) is 21.2. The summed E-state index contributed by atoms with van der Waals surface area (Å²) in [6.07, 6.45) is 1.64. The zero-order valence-corrected chi connectivity index (χ0v) is 18.0. The van der Waals surface area contributed by atoms with Crippen LogP contribution in [0.3, 0.4) is 0 Å². The van der Waals surface area contributed by atoms with Crippen molar-refractivity contribution in [2.45, 2.75) is 6.92 Å². The fraction of sp³-hybridized carbons (Fsp3) is 0.154. The van der Waals surface area contributed by atoms with Crippen molar-refractivity contribution in [2.24, 2.45) is 0 Å². The maximum absolute atomic E-state index is 13.0. The molecule has 3 aromatic carbocycles. The summed E-state index contributed by atoms with van der Waals surface area (Å²) in [5.74, 6) is 1.90. The lowest BCUT2D eigenvalue weighted by Crippen LogP contribution is -2.11. The van der Waals surface area contributed by atoms with Gasteiger partial charge in [0.1, 0.15) is 23.0 Å². The van der Waals surface area contributed by atoms with Gasteiger partial charge in [0, 0.05) is 23.3 Å². The summed E-state index contributed by atoms with van der Waals surface area (Å²) in [6, 6.07) is 17.6. The number of rotatable bonds is 7. The average Bonchev–Trinajstić information content (AvgIpc) is 3.13. The van der Waals surface area contributed by atoms with E-state index in [1.807, 2.05) is 13.0 Å². The lowest BCUT2D eigenvalue weighted by Gasteiger charge is -2.09. The van der Waals surface area contributed by atoms with Crippen LogP contribution in [0, 0.1) is 6.92 Å². The Morgan fingerprint density at radius 2 is 1.75 bits per heavy atom. The highest BCUT2D eigenvalue weighted by Gasteiger charge is 2.30. The number of benzene rings is 3. The van der Waals surface area contributed by atoms with E-state index < -0.39 is 0 Å². The summed E-state index contributed by atoms with van der Waals surface area (Å²) in [5, 5.41) is 0. The molecule has 0 amide bonds. The van der Waals surface area contributed by atoms with Crippen molar-refractivity contribution in [2.75, 3.05) is 20.8 Å². The van der Waals surface area contributed by atoms with Crippen LogP contribution >= 0.6 is 0 Å². The van der Waals surface area contributed by atoms with E-state index in [0.29, 0.717) is 45.3 Å². The molecule has 1 aliphatic heterocycles. The van der Waals surface area contributed by atoms with Crippen molar-refractivity contribution in [3.63, 3.8) is 0 Å². The summed E-state index contributed by atoms with van der Waals surface area (Å²) in [5.41, 5.74) is 2.45. The SMILES string of the molecule is COc1ccc(/C=C2\Oc3cc(OCC(=O)c4ccccc4)cc(C)c3C2=O)c(OC)c1. The Hall–Kier alpha value is -4.06. The van der Waals surface area contributed by atoms with Gasteiger partial charge in [0.05, 0.1) is 19.8 Å². The van der Waals surface area contributed by atoms with Gasteiger partial charge in [0.15, 0.2) is 18.1 Å². The van der Waals surface area contributed by atoms with Crippen molar-refractivity contribution >= 4 is 17.6 Å². The van der Waals surface area contributed by atoms with Crippen molar-refractivity contribution in [1.29, 1.82) is 0 Å². The van der Waals surface area contributed by atoms with E-state index >= 15 is 0 Å². The molecule has 0 radical (unpaired) electrons. The molecular formula is C26H22O6. The molecule has 1 heterocycles. The molecule has 0 aliphatic carbocycles. The Balaban J connectivity index is 1.56. The highest BCUT2D eigenvalue weighted by molar-refractivity contribution is 6.15. The van der Waals surface area contributed by atoms with Gasteiger partial charge in [-0.3, -0.25) is 9.59 Å². The minimum Gasteiger partial charge on any atom is -0.497 e. The molecule has 0 bridgehead atoms. The Kier molecular flexibility index (Phi) is 5.94. The Labute approximate surface area is 186 Å². The van der Waals surface area contributed by atoms with Crippen molar-refractivity contribution < 1.29 is 28.5 Å². The van der Waals surface area contributed by atoms with E-state index in [1.165, 1.54) is 0 Å². The second-order valence-electron chi connectivity index (χ2n) is 7.24. The number of Topliss-reactive ketones (excluding diaryl/α,β-unsaturated/α-hetero) is 2. The summed E-state index contributed by atoms with van der Waals surface area (Å²) in [7, 11) is 3.12. The lowest BCUT2D eigenvalue weighted by molar-refractivity contribution is 0.0920. The number of hydrogen-bond donors (Lipinski definition) is 0.